The maximum Gasteiger partial charge on any atom is 0.270 e. The van der Waals surface area contributed by atoms with Crippen LogP contribution >= 0.6 is 0 Å². The molecule has 0 saturated carbocycles. The van der Waals surface area contributed by atoms with Crippen LogP contribution in [0.15, 0.2) is 41.5 Å². The third-order valence-electron chi connectivity index (χ3n) is 3.25. The molecule has 0 aliphatic rings. The largest absolute Gasteiger partial charge is 0.347 e. The van der Waals surface area contributed by atoms with E-state index in [1.54, 1.807) is 12.4 Å². The van der Waals surface area contributed by atoms with Gasteiger partial charge in [0.2, 0.25) is 5.56 Å². The number of aromatic nitrogens is 3. The molecule has 0 aliphatic carbocycles. The number of pyridine rings is 1. The summed E-state index contributed by atoms with van der Waals surface area (Å²) in [4.78, 5) is 43.7. The molecule has 23 heavy (non-hydrogen) atoms. The summed E-state index contributed by atoms with van der Waals surface area (Å²) in [5.41, 5.74) is -0.204. The number of nitrogens with one attached hydrogen (secondary N) is 3. The van der Waals surface area contributed by atoms with Crippen molar-refractivity contribution in [1.29, 1.82) is 0 Å². The van der Waals surface area contributed by atoms with Crippen LogP contribution in [0, 0.1) is 10.1 Å². The van der Waals surface area contributed by atoms with Gasteiger partial charge in [-0.1, -0.05) is 0 Å². The van der Waals surface area contributed by atoms with Gasteiger partial charge in [0, 0.05) is 41.5 Å². The summed E-state index contributed by atoms with van der Waals surface area (Å²) >= 11 is 0. The van der Waals surface area contributed by atoms with E-state index in [-0.39, 0.29) is 17.8 Å². The summed E-state index contributed by atoms with van der Waals surface area (Å²) in [5.74, 6) is 0.0384. The van der Waals surface area contributed by atoms with Gasteiger partial charge < -0.3 is 15.3 Å². The topological polar surface area (TPSA) is 134 Å². The highest BCUT2D eigenvalue weighted by Crippen LogP contribution is 2.21. The molecule has 2 aromatic heterocycles. The van der Waals surface area contributed by atoms with Crippen LogP contribution in [0.1, 0.15) is 16.2 Å². The van der Waals surface area contributed by atoms with Crippen molar-refractivity contribution < 1.29 is 9.72 Å². The van der Waals surface area contributed by atoms with E-state index < -0.39 is 16.4 Å². The molecule has 0 aliphatic heterocycles. The fraction of sp³-hybridized carbons (Fsp3) is 0.0714. The van der Waals surface area contributed by atoms with Crippen molar-refractivity contribution >= 4 is 22.5 Å². The molecule has 0 atom stereocenters. The Bertz CT molecular complexity index is 945. The second-order valence-electron chi connectivity index (χ2n) is 4.75. The standard InChI is InChI=1S/C14H11N5O4/c20-13-6-10(14(21)17-7-12-15-3-4-16-12)9-5-8(19(22)23)1-2-11(9)18-13/h1-6H,7H2,(H,15,16)(H,17,21)(H,18,20). The Morgan fingerprint density at radius 3 is 2.87 bits per heavy atom. The third-order valence-corrected chi connectivity index (χ3v) is 3.25. The summed E-state index contributed by atoms with van der Waals surface area (Å²) in [6, 6.07) is 5.04. The summed E-state index contributed by atoms with van der Waals surface area (Å²) < 4.78 is 0. The van der Waals surface area contributed by atoms with Crippen LogP contribution in [0.5, 0.6) is 0 Å². The highest BCUT2D eigenvalue weighted by atomic mass is 16.6. The molecule has 3 rings (SSSR count). The van der Waals surface area contributed by atoms with Gasteiger partial charge in [-0.25, -0.2) is 4.98 Å². The summed E-state index contributed by atoms with van der Waals surface area (Å²) in [6.45, 7) is 0.148. The Kier molecular flexibility index (Phi) is 3.59. The van der Waals surface area contributed by atoms with Gasteiger partial charge in [0.25, 0.3) is 11.6 Å². The van der Waals surface area contributed by atoms with Crippen LogP contribution in [0.2, 0.25) is 0 Å². The molecule has 2 heterocycles. The molecule has 3 N–H and O–H groups in total. The van der Waals surface area contributed by atoms with Gasteiger partial charge in [-0.05, 0) is 6.07 Å². The van der Waals surface area contributed by atoms with Gasteiger partial charge in [0.15, 0.2) is 0 Å². The number of imidazole rings is 1. The number of aromatic amines is 2. The van der Waals surface area contributed by atoms with E-state index in [4.69, 9.17) is 0 Å². The van der Waals surface area contributed by atoms with Gasteiger partial charge in [-0.15, -0.1) is 0 Å². The number of fused-ring (bicyclic) bond motifs is 1. The Labute approximate surface area is 128 Å². The Balaban J connectivity index is 2.00. The number of rotatable bonds is 4. The molecular formula is C14H11N5O4. The number of carbonyl (C=O) groups excluding carboxylic acids is 1. The van der Waals surface area contributed by atoms with Crippen molar-refractivity contribution in [2.45, 2.75) is 6.54 Å². The maximum atomic E-state index is 12.3. The number of H-pyrrole nitrogens is 2. The number of carbonyl (C=O) groups is 1. The van der Waals surface area contributed by atoms with Crippen molar-refractivity contribution in [2.24, 2.45) is 0 Å². The Hall–Kier alpha value is -3.49. The second-order valence-corrected chi connectivity index (χ2v) is 4.75. The van der Waals surface area contributed by atoms with Crippen LogP contribution in [0.4, 0.5) is 5.69 Å². The third kappa shape index (κ3) is 2.93. The van der Waals surface area contributed by atoms with Crippen molar-refractivity contribution in [2.75, 3.05) is 0 Å². The number of hydrogen-bond acceptors (Lipinski definition) is 5. The second kappa shape index (κ2) is 5.72. The van der Waals surface area contributed by atoms with E-state index >= 15 is 0 Å². The molecule has 0 spiro atoms. The number of nitrogens with zero attached hydrogens (tertiary/aromatic N) is 2. The lowest BCUT2D eigenvalue weighted by molar-refractivity contribution is -0.384. The molecule has 3 aromatic rings. The molecule has 9 heteroatoms. The van der Waals surface area contributed by atoms with Crippen LogP contribution in [0.3, 0.4) is 0 Å². The van der Waals surface area contributed by atoms with E-state index in [0.717, 1.165) is 6.07 Å². The van der Waals surface area contributed by atoms with Crippen LogP contribution in [-0.4, -0.2) is 25.8 Å². The van der Waals surface area contributed by atoms with Crippen LogP contribution in [0.25, 0.3) is 10.9 Å². The lowest BCUT2D eigenvalue weighted by Gasteiger charge is -2.07. The summed E-state index contributed by atoms with van der Waals surface area (Å²) in [7, 11) is 0. The number of non-ortho nitro benzene ring substituents is 1. The molecule has 0 fully saturated rings. The number of hydrogen-bond donors (Lipinski definition) is 3. The van der Waals surface area contributed by atoms with E-state index in [9.17, 15) is 19.7 Å². The number of nitro benzene ring substituents is 1. The quantitative estimate of drug-likeness (QED) is 0.489. The highest BCUT2D eigenvalue weighted by Gasteiger charge is 2.15. The first-order valence-electron chi connectivity index (χ1n) is 6.62. The zero-order chi connectivity index (χ0) is 16.4. The van der Waals surface area contributed by atoms with Gasteiger partial charge in [-0.2, -0.15) is 0 Å². The first-order valence-corrected chi connectivity index (χ1v) is 6.62. The normalized spacial score (nSPS) is 10.6. The summed E-state index contributed by atoms with van der Waals surface area (Å²) in [5, 5.41) is 13.8. The van der Waals surface area contributed by atoms with Gasteiger partial charge >= 0.3 is 0 Å². The van der Waals surface area contributed by atoms with E-state index in [1.165, 1.54) is 18.2 Å². The minimum Gasteiger partial charge on any atom is -0.347 e. The lowest BCUT2D eigenvalue weighted by atomic mass is 10.1. The first kappa shape index (κ1) is 14.4. The molecule has 0 radical (unpaired) electrons. The van der Waals surface area contributed by atoms with Gasteiger partial charge in [-0.3, -0.25) is 19.7 Å². The highest BCUT2D eigenvalue weighted by molar-refractivity contribution is 6.06. The monoisotopic (exact) mass is 313 g/mol. The molecule has 116 valence electrons. The molecule has 0 bridgehead atoms. The number of nitro groups is 1. The molecular weight excluding hydrogens is 302 g/mol. The van der Waals surface area contributed by atoms with E-state index in [2.05, 4.69) is 20.3 Å². The first-order chi connectivity index (χ1) is 11.0. The fourth-order valence-corrected chi connectivity index (χ4v) is 2.20. The van der Waals surface area contributed by atoms with Crippen molar-refractivity contribution in [3.8, 4) is 0 Å². The number of amides is 1. The minimum absolute atomic E-state index is 0.0685. The zero-order valence-electron chi connectivity index (χ0n) is 11.7. The predicted octanol–water partition coefficient (Wildman–Crippen LogP) is 1.09. The lowest BCUT2D eigenvalue weighted by Crippen LogP contribution is -2.25. The Morgan fingerprint density at radius 2 is 2.17 bits per heavy atom. The van der Waals surface area contributed by atoms with Crippen molar-refractivity contribution in [1.82, 2.24) is 20.3 Å². The maximum absolute atomic E-state index is 12.3. The minimum atomic E-state index is -0.560. The SMILES string of the molecule is O=C(NCc1ncc[nH]1)c1cc(=O)[nH]c2ccc([N+](=O)[O-])cc12. The molecule has 1 aromatic carbocycles. The molecule has 1 amide bonds. The number of benzene rings is 1. The van der Waals surface area contributed by atoms with E-state index in [0.29, 0.717) is 16.7 Å². The van der Waals surface area contributed by atoms with Crippen molar-refractivity contribution in [3.05, 3.63) is 68.5 Å². The fourth-order valence-electron chi connectivity index (χ4n) is 2.20. The average Bonchev–Trinajstić information content (AvgIpc) is 3.04. The smallest absolute Gasteiger partial charge is 0.270 e. The average molecular weight is 313 g/mol. The predicted molar refractivity (Wildman–Crippen MR) is 81.0 cm³/mol. The van der Waals surface area contributed by atoms with Crippen LogP contribution < -0.4 is 10.9 Å². The Morgan fingerprint density at radius 1 is 1.35 bits per heavy atom. The molecule has 0 saturated heterocycles. The van der Waals surface area contributed by atoms with E-state index in [1.807, 2.05) is 0 Å². The molecule has 0 unspecified atom stereocenters. The van der Waals surface area contributed by atoms with Crippen LogP contribution in [-0.2, 0) is 6.54 Å². The van der Waals surface area contributed by atoms with Gasteiger partial charge in [0.05, 0.1) is 17.0 Å². The summed E-state index contributed by atoms with van der Waals surface area (Å²) in [6.07, 6.45) is 3.17. The van der Waals surface area contributed by atoms with Gasteiger partial charge in [0.1, 0.15) is 5.82 Å². The van der Waals surface area contributed by atoms with Crippen molar-refractivity contribution in [3.63, 3.8) is 0 Å². The molecule has 9 nitrogen and oxygen atoms in total. The zero-order valence-corrected chi connectivity index (χ0v) is 11.7.